The van der Waals surface area contributed by atoms with Gasteiger partial charge in [-0.05, 0) is 122 Å². The van der Waals surface area contributed by atoms with Crippen LogP contribution in [-0.4, -0.2) is 10.6 Å². The van der Waals surface area contributed by atoms with Crippen molar-refractivity contribution in [2.45, 2.75) is 53.5 Å². The van der Waals surface area contributed by atoms with Gasteiger partial charge in [0.15, 0.2) is 0 Å². The molecule has 0 amide bonds. The summed E-state index contributed by atoms with van der Waals surface area (Å²) >= 11 is 0. The van der Waals surface area contributed by atoms with Gasteiger partial charge < -0.3 is 9.47 Å². The van der Waals surface area contributed by atoms with Crippen LogP contribution in [0.5, 0.6) is 0 Å². The molecule has 1 aliphatic rings. The summed E-state index contributed by atoms with van der Waals surface area (Å²) in [5, 5.41) is 0. The minimum absolute atomic E-state index is 0.107. The largest absolute Gasteiger partial charge is 0.337 e. The van der Waals surface area contributed by atoms with Gasteiger partial charge in [-0.25, -0.2) is 0 Å². The number of aromatic nitrogens is 1. The van der Waals surface area contributed by atoms with Crippen molar-refractivity contribution in [3.63, 3.8) is 0 Å². The van der Waals surface area contributed by atoms with Gasteiger partial charge in [0.25, 0.3) is 0 Å². The van der Waals surface area contributed by atoms with E-state index in [1.54, 1.807) is 0 Å². The number of aryl methyl sites for hydroxylation is 4. The Labute approximate surface area is 379 Å². The van der Waals surface area contributed by atoms with E-state index in [4.69, 9.17) is 0 Å². The van der Waals surface area contributed by atoms with Crippen LogP contribution in [0.1, 0.15) is 57.5 Å². The number of hydrogen-bond acceptors (Lipinski definition) is 1. The number of anilines is 1. The number of hydrogen-bond donors (Lipinski definition) is 0. The summed E-state index contributed by atoms with van der Waals surface area (Å²) in [5.41, 5.74) is 24.7. The number of benzene rings is 8. The van der Waals surface area contributed by atoms with Gasteiger partial charge in [0.05, 0.1) is 11.4 Å². The van der Waals surface area contributed by atoms with E-state index in [0.717, 1.165) is 5.69 Å². The van der Waals surface area contributed by atoms with Crippen LogP contribution in [0, 0.1) is 34.6 Å². The lowest BCUT2D eigenvalue weighted by Gasteiger charge is -2.30. The Kier molecular flexibility index (Phi) is 10.8. The summed E-state index contributed by atoms with van der Waals surface area (Å²) in [6.07, 6.45) is 0. The first-order valence-electron chi connectivity index (χ1n) is 22.6. The molecule has 0 aliphatic carbocycles. The predicted molar refractivity (Wildman–Crippen MR) is 272 cm³/mol. The first-order chi connectivity index (χ1) is 31.2. The highest BCUT2D eigenvalue weighted by molar-refractivity contribution is 6.04. The molecule has 0 saturated carbocycles. The van der Waals surface area contributed by atoms with E-state index in [9.17, 15) is 0 Å². The lowest BCUT2D eigenvalue weighted by atomic mass is 9.82. The monoisotopic (exact) mass is 826 g/mol. The molecule has 64 heavy (non-hydrogen) atoms. The van der Waals surface area contributed by atoms with Crippen molar-refractivity contribution in [2.75, 3.05) is 4.90 Å². The van der Waals surface area contributed by atoms with Crippen molar-refractivity contribution in [2.24, 2.45) is 0 Å². The van der Waals surface area contributed by atoms with Crippen LogP contribution >= 0.6 is 0 Å². The smallest absolute Gasteiger partial charge is 0.0616 e. The Hall–Kier alpha value is -7.42. The van der Waals surface area contributed by atoms with E-state index in [2.05, 4.69) is 257 Å². The van der Waals surface area contributed by atoms with Crippen molar-refractivity contribution in [1.82, 2.24) is 4.57 Å². The molecule has 2 unspecified atom stereocenters. The van der Waals surface area contributed by atoms with E-state index in [0.29, 0.717) is 0 Å². The summed E-state index contributed by atoms with van der Waals surface area (Å²) < 4.78 is 2.47. The predicted octanol–water partition coefficient (Wildman–Crippen LogP) is 16.2. The summed E-state index contributed by atoms with van der Waals surface area (Å²) in [7, 11) is 0. The van der Waals surface area contributed by atoms with Crippen LogP contribution in [0.2, 0.25) is 0 Å². The van der Waals surface area contributed by atoms with Gasteiger partial charge in [0.2, 0.25) is 0 Å². The summed E-state index contributed by atoms with van der Waals surface area (Å²) in [4.78, 5) is 2.59. The van der Waals surface area contributed by atoms with E-state index in [1.807, 2.05) is 0 Å². The Morgan fingerprint density at radius 3 is 1.42 bits per heavy atom. The second-order valence-corrected chi connectivity index (χ2v) is 17.7. The Morgan fingerprint density at radius 2 is 0.828 bits per heavy atom. The normalized spacial score (nSPS) is 14.9. The Morgan fingerprint density at radius 1 is 0.359 bits per heavy atom. The average Bonchev–Trinajstić information content (AvgIpc) is 3.81. The van der Waals surface area contributed by atoms with Gasteiger partial charge in [0.1, 0.15) is 0 Å². The minimum atomic E-state index is 0.107. The molecule has 0 radical (unpaired) electrons. The zero-order chi connectivity index (χ0) is 43.9. The Balaban J connectivity index is 1.15. The molecule has 0 spiro atoms. The van der Waals surface area contributed by atoms with Crippen LogP contribution in [0.4, 0.5) is 5.69 Å². The van der Waals surface area contributed by atoms with Crippen LogP contribution in [0.3, 0.4) is 0 Å². The molecule has 0 fully saturated rings. The van der Waals surface area contributed by atoms with E-state index < -0.39 is 0 Å². The highest BCUT2D eigenvalue weighted by Crippen LogP contribution is 2.52. The highest BCUT2D eigenvalue weighted by atomic mass is 15.2. The fourth-order valence-corrected chi connectivity index (χ4v) is 10.0. The maximum Gasteiger partial charge on any atom is 0.0616 e. The van der Waals surface area contributed by atoms with Gasteiger partial charge in [-0.2, -0.15) is 0 Å². The average molecular weight is 827 g/mol. The molecule has 312 valence electrons. The van der Waals surface area contributed by atoms with Crippen molar-refractivity contribution < 1.29 is 0 Å². The molecule has 0 bridgehead atoms. The molecule has 2 nitrogen and oxygen atoms in total. The molecule has 9 aromatic rings. The second-order valence-electron chi connectivity index (χ2n) is 17.7. The maximum atomic E-state index is 2.59. The zero-order valence-corrected chi connectivity index (χ0v) is 37.7. The molecule has 10 rings (SSSR count). The summed E-state index contributed by atoms with van der Waals surface area (Å²) in [6, 6.07) is 76.8. The Bertz CT molecular complexity index is 3120. The molecule has 1 aliphatic heterocycles. The van der Waals surface area contributed by atoms with Crippen LogP contribution in [0.15, 0.2) is 206 Å². The topological polar surface area (TPSA) is 8.17 Å². The van der Waals surface area contributed by atoms with Gasteiger partial charge in [0, 0.05) is 40.2 Å². The van der Waals surface area contributed by atoms with Crippen molar-refractivity contribution in [3.05, 3.63) is 251 Å². The molecule has 2 heteroatoms. The molecule has 2 atom stereocenters. The molecule has 8 aromatic carbocycles. The molecule has 0 saturated heterocycles. The zero-order valence-electron chi connectivity index (χ0n) is 37.7. The number of nitrogens with zero attached hydrogens (tertiary/aromatic N) is 2. The van der Waals surface area contributed by atoms with Crippen LogP contribution in [-0.2, 0) is 0 Å². The van der Waals surface area contributed by atoms with Crippen molar-refractivity contribution in [3.8, 4) is 50.3 Å². The van der Waals surface area contributed by atoms with Crippen molar-refractivity contribution in [1.29, 1.82) is 0 Å². The van der Waals surface area contributed by atoms with Gasteiger partial charge in [-0.1, -0.05) is 198 Å². The molecule has 2 heterocycles. The molecular weight excluding hydrogens is 773 g/mol. The van der Waals surface area contributed by atoms with Crippen molar-refractivity contribution >= 4 is 17.0 Å². The third kappa shape index (κ3) is 7.50. The molecular formula is C62H54N2. The fourth-order valence-electron chi connectivity index (χ4n) is 10.0. The van der Waals surface area contributed by atoms with E-state index in [-0.39, 0.29) is 12.0 Å². The SMILES string of the molecule is Cc1ccc(C2=C(c3ccccc3)C(c3cccc(-c4cccc(-c5c(-c6ccccc6)c(-c6ccc(C)cc6)n(-c6ccc(C)cc6)c5C)c4)c3)C(C)N2c2ccc(C)cc2)cc1. The lowest BCUT2D eigenvalue weighted by molar-refractivity contribution is 0.686. The second kappa shape index (κ2) is 17.0. The quantitative estimate of drug-likeness (QED) is 0.141. The third-order valence-electron chi connectivity index (χ3n) is 13.2. The van der Waals surface area contributed by atoms with E-state index in [1.165, 1.54) is 106 Å². The third-order valence-corrected chi connectivity index (χ3v) is 13.2. The first kappa shape index (κ1) is 40.6. The van der Waals surface area contributed by atoms with Gasteiger partial charge >= 0.3 is 0 Å². The summed E-state index contributed by atoms with van der Waals surface area (Å²) in [5.74, 6) is 0.107. The lowest BCUT2D eigenvalue weighted by Crippen LogP contribution is -2.30. The minimum Gasteiger partial charge on any atom is -0.337 e. The maximum absolute atomic E-state index is 2.59. The fraction of sp³-hybridized carbons (Fsp3) is 0.129. The first-order valence-corrected chi connectivity index (χ1v) is 22.6. The highest BCUT2D eigenvalue weighted by Gasteiger charge is 2.41. The van der Waals surface area contributed by atoms with Crippen LogP contribution in [0.25, 0.3) is 61.6 Å². The summed E-state index contributed by atoms with van der Waals surface area (Å²) in [6.45, 7) is 13.3. The van der Waals surface area contributed by atoms with Crippen LogP contribution < -0.4 is 4.90 Å². The van der Waals surface area contributed by atoms with Gasteiger partial charge in [-0.15, -0.1) is 0 Å². The van der Waals surface area contributed by atoms with E-state index >= 15 is 0 Å². The van der Waals surface area contributed by atoms with Gasteiger partial charge in [-0.3, -0.25) is 0 Å². The number of rotatable bonds is 9. The molecule has 1 aromatic heterocycles. The molecule has 0 N–H and O–H groups in total. The standard InChI is InChI=1S/C62H54N2/c1-41-23-31-49(32-24-41)61-59(47-15-9-7-10-16-47)57(45(5)63(61)55-35-27-43(3)28-36-55)53-21-13-19-51(39-53)52-20-14-22-54(40-52)58-46(6)64(56-37-29-44(4)30-38-56)62(50-33-25-42(2)26-34-50)60(58)48-17-11-8-12-18-48/h7-40,45,57H,1-6H3.